The van der Waals surface area contributed by atoms with Crippen LogP contribution in [0.15, 0.2) is 47.6 Å². The lowest BCUT2D eigenvalue weighted by molar-refractivity contribution is 0.405. The first kappa shape index (κ1) is 15.5. The van der Waals surface area contributed by atoms with Gasteiger partial charge in [-0.1, -0.05) is 18.2 Å². The lowest BCUT2D eigenvalue weighted by Gasteiger charge is -2.27. The summed E-state index contributed by atoms with van der Waals surface area (Å²) in [6, 6.07) is 9.38. The number of anilines is 1. The largest absolute Gasteiger partial charge is 0.367 e. The third-order valence-corrected chi connectivity index (χ3v) is 6.57. The molecule has 1 atom stereocenters. The van der Waals surface area contributed by atoms with E-state index in [1.165, 1.54) is 21.8 Å². The minimum atomic E-state index is -3.73. The Bertz CT molecular complexity index is 872. The van der Waals surface area contributed by atoms with Crippen LogP contribution in [0.3, 0.4) is 0 Å². The second-order valence-corrected chi connectivity index (χ2v) is 8.17. The van der Waals surface area contributed by atoms with Crippen LogP contribution < -0.4 is 4.90 Å². The third kappa shape index (κ3) is 2.57. The molecular formula is C17H18FN3O2S. The molecule has 1 aromatic heterocycles. The minimum absolute atomic E-state index is 0.0774. The summed E-state index contributed by atoms with van der Waals surface area (Å²) < 4.78 is 40.6. The highest BCUT2D eigenvalue weighted by atomic mass is 32.2. The van der Waals surface area contributed by atoms with Crippen LogP contribution in [0.1, 0.15) is 12.0 Å². The highest BCUT2D eigenvalue weighted by Crippen LogP contribution is 2.34. The molecule has 1 saturated heterocycles. The number of nitrogens with zero attached hydrogens (tertiary/aromatic N) is 3. The topological polar surface area (TPSA) is 53.5 Å². The molecule has 1 unspecified atom stereocenters. The predicted molar refractivity (Wildman–Crippen MR) is 88.9 cm³/mol. The van der Waals surface area contributed by atoms with Crippen molar-refractivity contribution in [3.05, 3.63) is 54.1 Å². The van der Waals surface area contributed by atoms with Gasteiger partial charge < -0.3 is 4.90 Å². The van der Waals surface area contributed by atoms with Crippen LogP contribution in [0.5, 0.6) is 0 Å². The maximum Gasteiger partial charge on any atom is 0.244 e. The Kier molecular flexibility index (Phi) is 3.77. The van der Waals surface area contributed by atoms with Crippen molar-refractivity contribution >= 4 is 15.7 Å². The summed E-state index contributed by atoms with van der Waals surface area (Å²) in [7, 11) is -3.73. The maximum atomic E-state index is 13.4. The Hall–Kier alpha value is -1.99. The fourth-order valence-electron chi connectivity index (χ4n) is 3.64. The van der Waals surface area contributed by atoms with Crippen molar-refractivity contribution in [2.24, 2.45) is 0 Å². The molecule has 1 aromatic carbocycles. The molecule has 4 rings (SSSR count). The molecule has 2 aliphatic rings. The third-order valence-electron chi connectivity index (χ3n) is 4.74. The van der Waals surface area contributed by atoms with E-state index in [-0.39, 0.29) is 10.9 Å². The van der Waals surface area contributed by atoms with Crippen LogP contribution >= 0.6 is 0 Å². The van der Waals surface area contributed by atoms with Crippen LogP contribution in [0.25, 0.3) is 0 Å². The van der Waals surface area contributed by atoms with E-state index >= 15 is 0 Å². The molecule has 0 spiro atoms. The Morgan fingerprint density at radius 2 is 2.00 bits per heavy atom. The fourth-order valence-corrected chi connectivity index (χ4v) is 5.13. The number of rotatable bonds is 2. The van der Waals surface area contributed by atoms with Gasteiger partial charge in [-0.2, -0.15) is 4.31 Å². The first-order chi connectivity index (χ1) is 11.6. The standard InChI is InChI=1S/C17H18FN3O2S/c18-14-9-16(11-19-10-14)24(22,23)20-6-3-7-21-15(12-20)8-13-4-1-2-5-17(13)21/h1-2,4-5,9-11,15H,3,6-8,12H2. The summed E-state index contributed by atoms with van der Waals surface area (Å²) in [5.41, 5.74) is 2.46. The number of pyridine rings is 1. The summed E-state index contributed by atoms with van der Waals surface area (Å²) in [5.74, 6) is -0.638. The van der Waals surface area contributed by atoms with Crippen LogP contribution in [0.2, 0.25) is 0 Å². The molecule has 3 heterocycles. The first-order valence-corrected chi connectivity index (χ1v) is 9.45. The summed E-state index contributed by atoms with van der Waals surface area (Å²) in [6.45, 7) is 1.68. The SMILES string of the molecule is O=S(=O)(c1cncc(F)c1)N1CCCN2c3ccccc3CC2C1. The number of aromatic nitrogens is 1. The van der Waals surface area contributed by atoms with Crippen molar-refractivity contribution in [1.82, 2.24) is 9.29 Å². The van der Waals surface area contributed by atoms with Gasteiger partial charge in [-0.05, 0) is 30.5 Å². The van der Waals surface area contributed by atoms with E-state index in [2.05, 4.69) is 22.0 Å². The summed E-state index contributed by atoms with van der Waals surface area (Å²) >= 11 is 0. The van der Waals surface area contributed by atoms with Gasteiger partial charge in [-0.3, -0.25) is 4.98 Å². The van der Waals surface area contributed by atoms with Crippen LogP contribution in [0, 0.1) is 5.82 Å². The smallest absolute Gasteiger partial charge is 0.244 e. The predicted octanol–water partition coefficient (Wildman–Crippen LogP) is 2.05. The van der Waals surface area contributed by atoms with E-state index in [1.54, 1.807) is 0 Å². The second-order valence-electron chi connectivity index (χ2n) is 6.24. The van der Waals surface area contributed by atoms with Crippen LogP contribution in [-0.4, -0.2) is 43.4 Å². The zero-order chi connectivity index (χ0) is 16.7. The lowest BCUT2D eigenvalue weighted by Crippen LogP contribution is -2.41. The Labute approximate surface area is 140 Å². The second kappa shape index (κ2) is 5.82. The molecule has 5 nitrogen and oxygen atoms in total. The molecule has 0 saturated carbocycles. The molecule has 2 aromatic rings. The molecule has 24 heavy (non-hydrogen) atoms. The highest BCUT2D eigenvalue weighted by molar-refractivity contribution is 7.89. The van der Waals surface area contributed by atoms with Crippen molar-refractivity contribution in [3.8, 4) is 0 Å². The highest BCUT2D eigenvalue weighted by Gasteiger charge is 2.36. The van der Waals surface area contributed by atoms with E-state index in [9.17, 15) is 12.8 Å². The van der Waals surface area contributed by atoms with E-state index in [0.717, 1.165) is 31.6 Å². The van der Waals surface area contributed by atoms with Gasteiger partial charge in [-0.15, -0.1) is 0 Å². The van der Waals surface area contributed by atoms with Gasteiger partial charge in [0.05, 0.1) is 6.20 Å². The van der Waals surface area contributed by atoms with Crippen molar-refractivity contribution in [3.63, 3.8) is 0 Å². The molecule has 0 N–H and O–H groups in total. The molecule has 0 amide bonds. The fraction of sp³-hybridized carbons (Fsp3) is 0.353. The average Bonchev–Trinajstić information content (AvgIpc) is 2.77. The molecule has 2 aliphatic heterocycles. The van der Waals surface area contributed by atoms with Gasteiger partial charge in [-0.25, -0.2) is 12.8 Å². The first-order valence-electron chi connectivity index (χ1n) is 8.01. The number of para-hydroxylation sites is 1. The molecular weight excluding hydrogens is 329 g/mol. The number of hydrogen-bond acceptors (Lipinski definition) is 4. The van der Waals surface area contributed by atoms with E-state index in [4.69, 9.17) is 0 Å². The summed E-state index contributed by atoms with van der Waals surface area (Å²) in [5, 5.41) is 0. The summed E-state index contributed by atoms with van der Waals surface area (Å²) in [4.78, 5) is 5.90. The van der Waals surface area contributed by atoms with Gasteiger partial charge in [0.1, 0.15) is 10.7 Å². The number of sulfonamides is 1. The summed E-state index contributed by atoms with van der Waals surface area (Å²) in [6.07, 6.45) is 3.80. The quantitative estimate of drug-likeness (QED) is 0.834. The Morgan fingerprint density at radius 1 is 1.17 bits per heavy atom. The number of halogens is 1. The lowest BCUT2D eigenvalue weighted by atomic mass is 10.1. The number of hydrogen-bond donors (Lipinski definition) is 0. The molecule has 0 bridgehead atoms. The molecule has 0 radical (unpaired) electrons. The Morgan fingerprint density at radius 3 is 2.83 bits per heavy atom. The van der Waals surface area contributed by atoms with Gasteiger partial charge >= 0.3 is 0 Å². The Balaban J connectivity index is 1.63. The molecule has 1 fully saturated rings. The minimum Gasteiger partial charge on any atom is -0.367 e. The monoisotopic (exact) mass is 347 g/mol. The molecule has 126 valence electrons. The van der Waals surface area contributed by atoms with E-state index < -0.39 is 15.8 Å². The van der Waals surface area contributed by atoms with Crippen molar-refractivity contribution in [2.45, 2.75) is 23.8 Å². The van der Waals surface area contributed by atoms with E-state index in [1.807, 2.05) is 12.1 Å². The zero-order valence-electron chi connectivity index (χ0n) is 13.1. The zero-order valence-corrected chi connectivity index (χ0v) is 13.9. The van der Waals surface area contributed by atoms with Crippen LogP contribution in [-0.2, 0) is 16.4 Å². The average molecular weight is 347 g/mol. The maximum absolute atomic E-state index is 13.4. The van der Waals surface area contributed by atoms with Gasteiger partial charge in [0.25, 0.3) is 0 Å². The normalized spacial score (nSPS) is 21.2. The van der Waals surface area contributed by atoms with Crippen molar-refractivity contribution < 1.29 is 12.8 Å². The van der Waals surface area contributed by atoms with Gasteiger partial charge in [0, 0.05) is 37.6 Å². The van der Waals surface area contributed by atoms with Crippen LogP contribution in [0.4, 0.5) is 10.1 Å². The molecule has 7 heteroatoms. The van der Waals surface area contributed by atoms with Crippen molar-refractivity contribution in [1.29, 1.82) is 0 Å². The van der Waals surface area contributed by atoms with Crippen molar-refractivity contribution in [2.75, 3.05) is 24.5 Å². The van der Waals surface area contributed by atoms with Gasteiger partial charge in [0.15, 0.2) is 0 Å². The number of fused-ring (bicyclic) bond motifs is 3. The van der Waals surface area contributed by atoms with Gasteiger partial charge in [0.2, 0.25) is 10.0 Å². The van der Waals surface area contributed by atoms with E-state index in [0.29, 0.717) is 13.1 Å². The number of benzene rings is 1. The molecule has 0 aliphatic carbocycles.